The van der Waals surface area contributed by atoms with E-state index in [1.54, 1.807) is 6.07 Å². The molecule has 21 heavy (non-hydrogen) atoms. The van der Waals surface area contributed by atoms with Gasteiger partial charge in [0.25, 0.3) is 0 Å². The maximum Gasteiger partial charge on any atom is 0.338 e. The van der Waals surface area contributed by atoms with Crippen molar-refractivity contribution in [1.82, 2.24) is 0 Å². The van der Waals surface area contributed by atoms with Crippen LogP contribution in [-0.4, -0.2) is 11.1 Å². The van der Waals surface area contributed by atoms with Crippen LogP contribution in [0.3, 0.4) is 0 Å². The van der Waals surface area contributed by atoms with E-state index in [1.807, 2.05) is 42.5 Å². The standard InChI is InChI=1S/C15H11N3O3/c16-18-17-14(15(19)20)9-13-8-12(10-21-13)7-6-11-4-2-1-3-5-11/h1-10H,(H,19,20). The Kier molecular flexibility index (Phi) is 4.58. The van der Waals surface area contributed by atoms with E-state index in [2.05, 4.69) is 10.0 Å². The Morgan fingerprint density at radius 1 is 1.24 bits per heavy atom. The van der Waals surface area contributed by atoms with Crippen molar-refractivity contribution >= 4 is 24.2 Å². The summed E-state index contributed by atoms with van der Waals surface area (Å²) < 4.78 is 5.21. The monoisotopic (exact) mass is 281 g/mol. The second-order valence-electron chi connectivity index (χ2n) is 4.05. The van der Waals surface area contributed by atoms with Crippen LogP contribution in [0.15, 0.2) is 57.9 Å². The number of hydrogen-bond donors (Lipinski definition) is 1. The van der Waals surface area contributed by atoms with Crippen molar-refractivity contribution < 1.29 is 14.3 Å². The smallest absolute Gasteiger partial charge is 0.338 e. The number of furan rings is 1. The number of aliphatic carboxylic acids is 1. The van der Waals surface area contributed by atoms with Gasteiger partial charge in [-0.15, -0.1) is 0 Å². The maximum absolute atomic E-state index is 10.8. The molecule has 1 heterocycles. The number of benzene rings is 1. The number of carboxylic acid groups (broad SMARTS) is 1. The third-order valence-electron chi connectivity index (χ3n) is 2.56. The highest BCUT2D eigenvalue weighted by molar-refractivity contribution is 5.91. The summed E-state index contributed by atoms with van der Waals surface area (Å²) >= 11 is 0. The molecule has 0 atom stereocenters. The maximum atomic E-state index is 10.8. The Labute approximate surface area is 120 Å². The molecule has 0 bridgehead atoms. The highest BCUT2D eigenvalue weighted by Crippen LogP contribution is 2.15. The van der Waals surface area contributed by atoms with Gasteiger partial charge in [0.2, 0.25) is 0 Å². The highest BCUT2D eigenvalue weighted by atomic mass is 16.4. The summed E-state index contributed by atoms with van der Waals surface area (Å²) in [5, 5.41) is 11.9. The lowest BCUT2D eigenvalue weighted by Crippen LogP contribution is -1.96. The van der Waals surface area contributed by atoms with Crippen LogP contribution in [0, 0.1) is 0 Å². The molecule has 104 valence electrons. The summed E-state index contributed by atoms with van der Waals surface area (Å²) in [5.41, 5.74) is 9.68. The lowest BCUT2D eigenvalue weighted by atomic mass is 10.2. The van der Waals surface area contributed by atoms with Crippen LogP contribution in [0.4, 0.5) is 0 Å². The molecule has 2 aromatic rings. The molecule has 0 spiro atoms. The lowest BCUT2D eigenvalue weighted by Gasteiger charge is -1.90. The number of carboxylic acids is 1. The predicted octanol–water partition coefficient (Wildman–Crippen LogP) is 4.19. The zero-order valence-corrected chi connectivity index (χ0v) is 10.9. The SMILES string of the molecule is [N-]=[N+]=NC(=Cc1cc(C=Cc2ccccc2)co1)C(=O)O. The van der Waals surface area contributed by atoms with Gasteiger partial charge in [-0.3, -0.25) is 0 Å². The molecule has 0 saturated carbocycles. The molecule has 0 aliphatic carbocycles. The van der Waals surface area contributed by atoms with E-state index in [4.69, 9.17) is 15.1 Å². The van der Waals surface area contributed by atoms with Crippen molar-refractivity contribution in [3.8, 4) is 0 Å². The first-order valence-corrected chi connectivity index (χ1v) is 6.01. The van der Waals surface area contributed by atoms with Crippen LogP contribution in [0.5, 0.6) is 0 Å². The molecule has 6 heteroatoms. The average Bonchev–Trinajstić information content (AvgIpc) is 2.93. The molecule has 0 fully saturated rings. The van der Waals surface area contributed by atoms with Crippen LogP contribution < -0.4 is 0 Å². The van der Waals surface area contributed by atoms with Gasteiger partial charge in [-0.1, -0.05) is 47.6 Å². The van der Waals surface area contributed by atoms with E-state index < -0.39 is 11.7 Å². The van der Waals surface area contributed by atoms with Crippen molar-refractivity contribution in [2.45, 2.75) is 0 Å². The van der Waals surface area contributed by atoms with Gasteiger partial charge >= 0.3 is 5.97 Å². The zero-order chi connectivity index (χ0) is 15.1. The third-order valence-corrected chi connectivity index (χ3v) is 2.56. The van der Waals surface area contributed by atoms with Gasteiger partial charge < -0.3 is 9.52 Å². The summed E-state index contributed by atoms with van der Waals surface area (Å²) in [5.74, 6) is -1.02. The fraction of sp³-hybridized carbons (Fsp3) is 0. The molecule has 0 unspecified atom stereocenters. The van der Waals surface area contributed by atoms with Crippen molar-refractivity contribution in [3.63, 3.8) is 0 Å². The fourth-order valence-corrected chi connectivity index (χ4v) is 1.60. The normalized spacial score (nSPS) is 11.3. The van der Waals surface area contributed by atoms with E-state index in [-0.39, 0.29) is 0 Å². The van der Waals surface area contributed by atoms with Crippen LogP contribution in [-0.2, 0) is 4.79 Å². The molecule has 6 nitrogen and oxygen atoms in total. The minimum absolute atomic E-state index is 0.299. The number of nitrogens with zero attached hydrogens (tertiary/aromatic N) is 3. The first-order chi connectivity index (χ1) is 10.2. The Balaban J connectivity index is 2.18. The van der Waals surface area contributed by atoms with Gasteiger partial charge in [0.05, 0.1) is 6.26 Å². The molecule has 1 aromatic carbocycles. The Morgan fingerprint density at radius 2 is 1.95 bits per heavy atom. The molecule has 2 rings (SSSR count). The minimum Gasteiger partial charge on any atom is -0.478 e. The van der Waals surface area contributed by atoms with E-state index >= 15 is 0 Å². The topological polar surface area (TPSA) is 99.2 Å². The quantitative estimate of drug-likeness (QED) is 0.385. The fourth-order valence-electron chi connectivity index (χ4n) is 1.60. The largest absolute Gasteiger partial charge is 0.478 e. The number of rotatable bonds is 5. The lowest BCUT2D eigenvalue weighted by molar-refractivity contribution is -0.132. The van der Waals surface area contributed by atoms with E-state index in [0.29, 0.717) is 5.76 Å². The number of carbonyl (C=O) groups is 1. The second-order valence-corrected chi connectivity index (χ2v) is 4.05. The van der Waals surface area contributed by atoms with E-state index in [0.717, 1.165) is 11.1 Å². The van der Waals surface area contributed by atoms with Crippen molar-refractivity contribution in [2.24, 2.45) is 5.11 Å². The third kappa shape index (κ3) is 4.12. The summed E-state index contributed by atoms with van der Waals surface area (Å²) in [6.45, 7) is 0. The first-order valence-electron chi connectivity index (χ1n) is 6.01. The summed E-state index contributed by atoms with van der Waals surface area (Å²) in [6, 6.07) is 11.4. The van der Waals surface area contributed by atoms with Gasteiger partial charge in [0, 0.05) is 10.5 Å². The van der Waals surface area contributed by atoms with E-state index in [9.17, 15) is 4.79 Å². The van der Waals surface area contributed by atoms with Gasteiger partial charge in [-0.25, -0.2) is 4.79 Å². The van der Waals surface area contributed by atoms with Gasteiger partial charge in [0.1, 0.15) is 11.5 Å². The minimum atomic E-state index is -1.31. The summed E-state index contributed by atoms with van der Waals surface area (Å²) in [7, 11) is 0. The van der Waals surface area contributed by atoms with E-state index in [1.165, 1.54) is 12.3 Å². The number of azide groups is 1. The highest BCUT2D eigenvalue weighted by Gasteiger charge is 2.06. The predicted molar refractivity (Wildman–Crippen MR) is 78.8 cm³/mol. The molecule has 0 aliphatic rings. The van der Waals surface area contributed by atoms with Crippen molar-refractivity contribution in [2.75, 3.05) is 0 Å². The molecular formula is C15H11N3O3. The molecule has 0 aliphatic heterocycles. The molecule has 1 N–H and O–H groups in total. The van der Waals surface area contributed by atoms with Crippen molar-refractivity contribution in [3.05, 3.63) is 75.7 Å². The van der Waals surface area contributed by atoms with Gasteiger partial charge in [-0.2, -0.15) is 0 Å². The van der Waals surface area contributed by atoms with Crippen LogP contribution in [0.25, 0.3) is 28.7 Å². The number of hydrogen-bond acceptors (Lipinski definition) is 3. The Hall–Kier alpha value is -3.24. The Bertz CT molecular complexity index is 735. The molecule has 0 saturated heterocycles. The zero-order valence-electron chi connectivity index (χ0n) is 10.9. The molecule has 0 amide bonds. The van der Waals surface area contributed by atoms with Crippen LogP contribution in [0.1, 0.15) is 16.9 Å². The van der Waals surface area contributed by atoms with Crippen molar-refractivity contribution in [1.29, 1.82) is 0 Å². The summed E-state index contributed by atoms with van der Waals surface area (Å²) in [6.07, 6.45) is 6.40. The van der Waals surface area contributed by atoms with Crippen LogP contribution in [0.2, 0.25) is 0 Å². The van der Waals surface area contributed by atoms with Gasteiger partial charge in [-0.05, 0) is 23.2 Å². The second kappa shape index (κ2) is 6.79. The summed E-state index contributed by atoms with van der Waals surface area (Å²) in [4.78, 5) is 13.3. The Morgan fingerprint density at radius 3 is 2.62 bits per heavy atom. The average molecular weight is 281 g/mol. The van der Waals surface area contributed by atoms with Crippen LogP contribution >= 0.6 is 0 Å². The first kappa shape index (κ1) is 14.2. The molecule has 1 aromatic heterocycles. The molecular weight excluding hydrogens is 270 g/mol. The molecule has 0 radical (unpaired) electrons. The van der Waals surface area contributed by atoms with Gasteiger partial charge in [0.15, 0.2) is 0 Å².